The van der Waals surface area contributed by atoms with Gasteiger partial charge in [0.05, 0.1) is 11.1 Å². The summed E-state index contributed by atoms with van der Waals surface area (Å²) in [6.45, 7) is 6.36. The molecule has 1 saturated carbocycles. The van der Waals surface area contributed by atoms with Crippen molar-refractivity contribution in [2.24, 2.45) is 5.41 Å². The highest BCUT2D eigenvalue weighted by atomic mass is 19.3. The molecule has 31 heavy (non-hydrogen) atoms. The summed E-state index contributed by atoms with van der Waals surface area (Å²) in [5, 5.41) is 6.07. The zero-order valence-corrected chi connectivity index (χ0v) is 17.4. The third kappa shape index (κ3) is 3.38. The van der Waals surface area contributed by atoms with Crippen molar-refractivity contribution in [1.29, 1.82) is 0 Å². The fourth-order valence-corrected chi connectivity index (χ4v) is 4.26. The van der Waals surface area contributed by atoms with Crippen molar-refractivity contribution < 1.29 is 27.4 Å². The summed E-state index contributed by atoms with van der Waals surface area (Å²) >= 11 is 0. The van der Waals surface area contributed by atoms with E-state index in [1.165, 1.54) is 18.2 Å². The molecule has 0 aromatic heterocycles. The van der Waals surface area contributed by atoms with E-state index in [-0.39, 0.29) is 34.6 Å². The van der Waals surface area contributed by atoms with Crippen LogP contribution in [-0.4, -0.2) is 18.2 Å². The van der Waals surface area contributed by atoms with E-state index in [0.717, 1.165) is 17.7 Å². The quantitative estimate of drug-likeness (QED) is 0.700. The lowest BCUT2D eigenvalue weighted by Crippen LogP contribution is -2.31. The maximum absolute atomic E-state index is 14.7. The van der Waals surface area contributed by atoms with Crippen LogP contribution in [0.25, 0.3) is 0 Å². The summed E-state index contributed by atoms with van der Waals surface area (Å²) in [6, 6.07) is 7.62. The smallest absolute Gasteiger partial charge is 0.395 e. The fourth-order valence-electron chi connectivity index (χ4n) is 4.26. The van der Waals surface area contributed by atoms with Crippen LogP contribution in [0.15, 0.2) is 30.3 Å². The first-order chi connectivity index (χ1) is 14.5. The number of benzene rings is 2. The Kier molecular flexibility index (Phi) is 4.08. The molecule has 3 aliphatic rings. The number of nitrogens with one attached hydrogen (secondary N) is 2. The van der Waals surface area contributed by atoms with Crippen LogP contribution in [-0.2, 0) is 16.6 Å². The van der Waals surface area contributed by atoms with Gasteiger partial charge in [0.2, 0.25) is 5.91 Å². The monoisotopic (exact) mass is 432 g/mol. The first kappa shape index (κ1) is 20.0. The molecular formula is C23H23F3N2O3. The molecule has 1 fully saturated rings. The minimum absolute atomic E-state index is 0.00708. The topological polar surface area (TPSA) is 59.6 Å². The number of ether oxygens (including phenoxy) is 2. The maximum atomic E-state index is 14.7. The maximum Gasteiger partial charge on any atom is 0.586 e. The molecule has 5 rings (SSSR count). The second-order valence-electron chi connectivity index (χ2n) is 9.62. The lowest BCUT2D eigenvalue weighted by molar-refractivity contribution is -0.286. The van der Waals surface area contributed by atoms with E-state index < -0.39 is 17.5 Å². The normalized spacial score (nSPS) is 21.9. The molecule has 0 bridgehead atoms. The van der Waals surface area contributed by atoms with Crippen LogP contribution in [0.2, 0.25) is 0 Å². The van der Waals surface area contributed by atoms with Gasteiger partial charge in [-0.3, -0.25) is 4.79 Å². The highest BCUT2D eigenvalue weighted by molar-refractivity contribution is 6.01. The first-order valence-electron chi connectivity index (χ1n) is 10.3. The van der Waals surface area contributed by atoms with Gasteiger partial charge in [0, 0.05) is 11.7 Å². The SMILES string of the molecule is CC(C)(C)C1Cc2cc(NC(=O)C3(c4ccc5c(c4)OC(F)(F)O5)CC3)c(F)cc2N1. The number of hydrogen-bond donors (Lipinski definition) is 2. The number of amides is 1. The Bertz CT molecular complexity index is 1090. The van der Waals surface area contributed by atoms with Crippen LogP contribution in [0.5, 0.6) is 11.5 Å². The van der Waals surface area contributed by atoms with Crippen molar-refractivity contribution in [3.05, 3.63) is 47.3 Å². The Morgan fingerprint density at radius 1 is 1.13 bits per heavy atom. The van der Waals surface area contributed by atoms with Gasteiger partial charge in [-0.15, -0.1) is 8.78 Å². The Hall–Kier alpha value is -2.90. The number of carbonyl (C=O) groups is 1. The Morgan fingerprint density at radius 2 is 1.84 bits per heavy atom. The molecule has 5 nitrogen and oxygen atoms in total. The Morgan fingerprint density at radius 3 is 2.52 bits per heavy atom. The third-order valence-electron chi connectivity index (χ3n) is 6.38. The average molecular weight is 432 g/mol. The minimum Gasteiger partial charge on any atom is -0.395 e. The summed E-state index contributed by atoms with van der Waals surface area (Å²) < 4.78 is 50.3. The number of halogens is 3. The third-order valence-corrected chi connectivity index (χ3v) is 6.38. The molecule has 1 aliphatic carbocycles. The molecule has 0 saturated heterocycles. The zero-order valence-electron chi connectivity index (χ0n) is 17.4. The van der Waals surface area contributed by atoms with Crippen LogP contribution < -0.4 is 20.1 Å². The molecule has 2 heterocycles. The van der Waals surface area contributed by atoms with Crippen molar-refractivity contribution in [3.8, 4) is 11.5 Å². The zero-order chi connectivity index (χ0) is 22.2. The number of carbonyl (C=O) groups excluding carboxylic acids is 1. The molecule has 1 unspecified atom stereocenters. The van der Waals surface area contributed by atoms with Gasteiger partial charge >= 0.3 is 6.29 Å². The first-order valence-corrected chi connectivity index (χ1v) is 10.3. The molecule has 8 heteroatoms. The van der Waals surface area contributed by atoms with Gasteiger partial charge in [0.15, 0.2) is 11.5 Å². The van der Waals surface area contributed by atoms with E-state index >= 15 is 0 Å². The summed E-state index contributed by atoms with van der Waals surface area (Å²) in [4.78, 5) is 13.1. The van der Waals surface area contributed by atoms with E-state index in [1.54, 1.807) is 12.1 Å². The fraction of sp³-hybridized carbons (Fsp3) is 0.435. The molecule has 2 aromatic carbocycles. The molecular weight excluding hydrogens is 409 g/mol. The van der Waals surface area contributed by atoms with Gasteiger partial charge in [-0.25, -0.2) is 4.39 Å². The van der Waals surface area contributed by atoms with Gasteiger partial charge in [-0.05, 0) is 60.1 Å². The van der Waals surface area contributed by atoms with Crippen molar-refractivity contribution in [2.75, 3.05) is 10.6 Å². The van der Waals surface area contributed by atoms with E-state index in [2.05, 4.69) is 40.9 Å². The van der Waals surface area contributed by atoms with Crippen molar-refractivity contribution in [2.45, 2.75) is 57.8 Å². The standard InChI is InChI=1S/C23H23F3N2O3/c1-21(2,3)19-9-12-8-16(14(24)11-15(12)27-19)28-20(29)22(6-7-22)13-4-5-17-18(10-13)31-23(25,26)30-17/h4-5,8,10-11,19,27H,6-7,9H2,1-3H3,(H,28,29). The van der Waals surface area contributed by atoms with Crippen molar-refractivity contribution in [3.63, 3.8) is 0 Å². The van der Waals surface area contributed by atoms with Gasteiger partial charge < -0.3 is 20.1 Å². The lowest BCUT2D eigenvalue weighted by Gasteiger charge is -2.27. The number of hydrogen-bond acceptors (Lipinski definition) is 4. The number of anilines is 2. The van der Waals surface area contributed by atoms with Crippen LogP contribution in [0.3, 0.4) is 0 Å². The molecule has 2 N–H and O–H groups in total. The van der Waals surface area contributed by atoms with Crippen LogP contribution in [0, 0.1) is 11.2 Å². The summed E-state index contributed by atoms with van der Waals surface area (Å²) in [5.74, 6) is -1.06. The summed E-state index contributed by atoms with van der Waals surface area (Å²) in [5.41, 5.74) is 1.47. The lowest BCUT2D eigenvalue weighted by atomic mass is 9.85. The van der Waals surface area contributed by atoms with Gasteiger partial charge in [-0.1, -0.05) is 26.8 Å². The predicted octanol–water partition coefficient (Wildman–Crippen LogP) is 5.20. The summed E-state index contributed by atoms with van der Waals surface area (Å²) in [6.07, 6.45) is -1.90. The second-order valence-corrected chi connectivity index (χ2v) is 9.62. The molecule has 0 radical (unpaired) electrons. The summed E-state index contributed by atoms with van der Waals surface area (Å²) in [7, 11) is 0. The Labute approximate surface area is 177 Å². The van der Waals surface area contributed by atoms with Gasteiger partial charge in [0.1, 0.15) is 5.82 Å². The number of rotatable bonds is 3. The van der Waals surface area contributed by atoms with Gasteiger partial charge in [0.25, 0.3) is 0 Å². The predicted molar refractivity (Wildman–Crippen MR) is 109 cm³/mol. The highest BCUT2D eigenvalue weighted by Crippen LogP contribution is 2.52. The molecule has 2 aromatic rings. The van der Waals surface area contributed by atoms with E-state index in [0.29, 0.717) is 18.4 Å². The highest BCUT2D eigenvalue weighted by Gasteiger charge is 2.53. The number of fused-ring (bicyclic) bond motifs is 2. The van der Waals surface area contributed by atoms with Crippen molar-refractivity contribution >= 4 is 17.3 Å². The Balaban J connectivity index is 1.37. The molecule has 1 atom stereocenters. The molecule has 0 spiro atoms. The van der Waals surface area contributed by atoms with E-state index in [4.69, 9.17) is 0 Å². The molecule has 1 amide bonds. The number of alkyl halides is 2. The van der Waals surface area contributed by atoms with Crippen LogP contribution in [0.4, 0.5) is 24.5 Å². The average Bonchev–Trinajstić information content (AvgIpc) is 3.27. The largest absolute Gasteiger partial charge is 0.586 e. The molecule has 164 valence electrons. The minimum atomic E-state index is -3.72. The van der Waals surface area contributed by atoms with Crippen LogP contribution in [0.1, 0.15) is 44.7 Å². The van der Waals surface area contributed by atoms with E-state index in [1.807, 2.05) is 0 Å². The second kappa shape index (κ2) is 6.31. The van der Waals surface area contributed by atoms with Crippen LogP contribution >= 0.6 is 0 Å². The van der Waals surface area contributed by atoms with Crippen molar-refractivity contribution in [1.82, 2.24) is 0 Å². The molecule has 2 aliphatic heterocycles. The van der Waals surface area contributed by atoms with Gasteiger partial charge in [-0.2, -0.15) is 0 Å². The van der Waals surface area contributed by atoms with E-state index in [9.17, 15) is 18.0 Å².